The molecule has 0 radical (unpaired) electrons. The first-order valence-corrected chi connectivity index (χ1v) is 8.41. The summed E-state index contributed by atoms with van der Waals surface area (Å²) in [6.07, 6.45) is 1.96. The lowest BCUT2D eigenvalue weighted by atomic mass is 10.2. The molecule has 2 heterocycles. The van der Waals surface area contributed by atoms with Gasteiger partial charge in [0.2, 0.25) is 0 Å². The quantitative estimate of drug-likeness (QED) is 0.806. The summed E-state index contributed by atoms with van der Waals surface area (Å²) in [6, 6.07) is 2.15. The molecule has 4 nitrogen and oxygen atoms in total. The van der Waals surface area contributed by atoms with Crippen molar-refractivity contribution in [2.45, 2.75) is 47.1 Å². The van der Waals surface area contributed by atoms with Gasteiger partial charge in [0.15, 0.2) is 0 Å². The zero-order valence-corrected chi connectivity index (χ0v) is 14.1. The van der Waals surface area contributed by atoms with Crippen LogP contribution in [0.15, 0.2) is 11.4 Å². The fraction of sp³-hybridized carbons (Fsp3) is 0.500. The van der Waals surface area contributed by atoms with Gasteiger partial charge in [0.1, 0.15) is 17.5 Å². The van der Waals surface area contributed by atoms with Crippen molar-refractivity contribution in [3.05, 3.63) is 33.3 Å². The molecule has 0 aromatic carbocycles. The third-order valence-corrected chi connectivity index (χ3v) is 4.42. The molecule has 0 spiro atoms. The smallest absolute Gasteiger partial charge is 0.135 e. The van der Waals surface area contributed by atoms with Crippen LogP contribution in [-0.4, -0.2) is 16.5 Å². The Hall–Kier alpha value is -1.62. The average Bonchev–Trinajstić information content (AvgIpc) is 2.87. The van der Waals surface area contributed by atoms with Crippen molar-refractivity contribution >= 4 is 23.0 Å². The number of hydrogen-bond acceptors (Lipinski definition) is 5. The van der Waals surface area contributed by atoms with E-state index < -0.39 is 0 Å². The van der Waals surface area contributed by atoms with E-state index in [0.29, 0.717) is 0 Å². The lowest BCUT2D eigenvalue weighted by molar-refractivity contribution is 0.830. The first kappa shape index (κ1) is 15.8. The van der Waals surface area contributed by atoms with Gasteiger partial charge in [-0.15, -0.1) is 11.3 Å². The van der Waals surface area contributed by atoms with Crippen molar-refractivity contribution in [3.63, 3.8) is 0 Å². The summed E-state index contributed by atoms with van der Waals surface area (Å²) in [5.74, 6) is 2.79. The van der Waals surface area contributed by atoms with Crippen LogP contribution in [-0.2, 0) is 13.0 Å². The zero-order valence-electron chi connectivity index (χ0n) is 13.3. The van der Waals surface area contributed by atoms with Crippen LogP contribution in [0.2, 0.25) is 0 Å². The minimum absolute atomic E-state index is 0.818. The van der Waals surface area contributed by atoms with E-state index in [1.165, 1.54) is 10.4 Å². The molecule has 2 N–H and O–H groups in total. The number of aromatic nitrogens is 2. The van der Waals surface area contributed by atoms with E-state index >= 15 is 0 Å². The van der Waals surface area contributed by atoms with Gasteiger partial charge < -0.3 is 10.6 Å². The first-order valence-electron chi connectivity index (χ1n) is 7.53. The van der Waals surface area contributed by atoms with Crippen LogP contribution in [0.5, 0.6) is 0 Å². The van der Waals surface area contributed by atoms with Crippen LogP contribution in [0.4, 0.5) is 11.6 Å². The number of thiophene rings is 1. The van der Waals surface area contributed by atoms with Crippen LogP contribution >= 0.6 is 11.3 Å². The van der Waals surface area contributed by atoms with Crippen molar-refractivity contribution in [1.82, 2.24) is 9.97 Å². The van der Waals surface area contributed by atoms with Gasteiger partial charge in [-0.2, -0.15) is 0 Å². The minimum atomic E-state index is 0.818. The van der Waals surface area contributed by atoms with Crippen LogP contribution in [0, 0.1) is 13.8 Å². The van der Waals surface area contributed by atoms with Gasteiger partial charge in [-0.25, -0.2) is 9.97 Å². The SMILES string of the molecule is CCCc1nc(NCC)c(C)c(NCc2sccc2C)n1. The van der Waals surface area contributed by atoms with Crippen LogP contribution in [0.3, 0.4) is 0 Å². The second kappa shape index (κ2) is 7.41. The predicted molar refractivity (Wildman–Crippen MR) is 91.3 cm³/mol. The average molecular weight is 304 g/mol. The molecular formula is C16H24N4S. The fourth-order valence-corrected chi connectivity index (χ4v) is 3.01. The van der Waals surface area contributed by atoms with Crippen LogP contribution in [0.25, 0.3) is 0 Å². The zero-order chi connectivity index (χ0) is 15.2. The Bertz CT molecular complexity index is 592. The molecule has 0 aliphatic rings. The fourth-order valence-electron chi connectivity index (χ4n) is 2.16. The molecule has 0 saturated carbocycles. The van der Waals surface area contributed by atoms with Gasteiger partial charge in [0, 0.05) is 23.4 Å². The number of nitrogens with zero attached hydrogens (tertiary/aromatic N) is 2. The highest BCUT2D eigenvalue weighted by atomic mass is 32.1. The van der Waals surface area contributed by atoms with Gasteiger partial charge in [0.05, 0.1) is 6.54 Å². The maximum atomic E-state index is 4.68. The molecule has 2 aromatic rings. The van der Waals surface area contributed by atoms with Crippen LogP contribution < -0.4 is 10.6 Å². The summed E-state index contributed by atoms with van der Waals surface area (Å²) in [5, 5.41) is 8.93. The monoisotopic (exact) mass is 304 g/mol. The summed E-state index contributed by atoms with van der Waals surface area (Å²) < 4.78 is 0. The highest BCUT2D eigenvalue weighted by molar-refractivity contribution is 7.10. The van der Waals surface area contributed by atoms with Gasteiger partial charge in [0.25, 0.3) is 0 Å². The number of aryl methyl sites for hydroxylation is 2. The third-order valence-electron chi connectivity index (χ3n) is 3.39. The van der Waals surface area contributed by atoms with E-state index in [2.05, 4.69) is 59.7 Å². The summed E-state index contributed by atoms with van der Waals surface area (Å²) in [4.78, 5) is 10.6. The summed E-state index contributed by atoms with van der Waals surface area (Å²) in [5.41, 5.74) is 2.42. The van der Waals surface area contributed by atoms with Crippen molar-refractivity contribution in [1.29, 1.82) is 0 Å². The molecule has 5 heteroatoms. The topological polar surface area (TPSA) is 49.8 Å². The summed E-state index contributed by atoms with van der Waals surface area (Å²) >= 11 is 1.78. The molecule has 0 aliphatic carbocycles. The molecule has 0 unspecified atom stereocenters. The molecule has 0 aliphatic heterocycles. The molecule has 114 valence electrons. The minimum Gasteiger partial charge on any atom is -0.370 e. The highest BCUT2D eigenvalue weighted by Crippen LogP contribution is 2.23. The second-order valence-corrected chi connectivity index (χ2v) is 6.12. The van der Waals surface area contributed by atoms with E-state index in [1.807, 2.05) is 0 Å². The molecule has 0 fully saturated rings. The molecule has 0 saturated heterocycles. The molecule has 0 atom stereocenters. The van der Waals surface area contributed by atoms with E-state index in [1.54, 1.807) is 11.3 Å². The third kappa shape index (κ3) is 3.94. The van der Waals surface area contributed by atoms with E-state index in [4.69, 9.17) is 0 Å². The highest BCUT2D eigenvalue weighted by Gasteiger charge is 2.10. The number of nitrogens with one attached hydrogen (secondary N) is 2. The van der Waals surface area contributed by atoms with Gasteiger partial charge in [-0.3, -0.25) is 0 Å². The Labute approximate surface area is 131 Å². The molecule has 21 heavy (non-hydrogen) atoms. The predicted octanol–water partition coefficient (Wildman–Crippen LogP) is 4.15. The van der Waals surface area contributed by atoms with Gasteiger partial charge in [-0.05, 0) is 44.2 Å². The lowest BCUT2D eigenvalue weighted by Gasteiger charge is -2.14. The molecule has 2 aromatic heterocycles. The summed E-state index contributed by atoms with van der Waals surface area (Å²) in [7, 11) is 0. The number of rotatable bonds is 7. The second-order valence-electron chi connectivity index (χ2n) is 5.12. The normalized spacial score (nSPS) is 10.7. The van der Waals surface area contributed by atoms with Crippen molar-refractivity contribution in [2.75, 3.05) is 17.2 Å². The van der Waals surface area contributed by atoms with Gasteiger partial charge >= 0.3 is 0 Å². The lowest BCUT2D eigenvalue weighted by Crippen LogP contribution is -2.11. The number of anilines is 2. The molecule has 0 bridgehead atoms. The van der Waals surface area contributed by atoms with Crippen LogP contribution in [0.1, 0.15) is 42.1 Å². The standard InChI is InChI=1S/C16H24N4S/c1-5-7-14-19-15(17-6-2)12(4)16(20-14)18-10-13-11(3)8-9-21-13/h8-9H,5-7,10H2,1-4H3,(H2,17,18,19,20). The molecule has 2 rings (SSSR count). The summed E-state index contributed by atoms with van der Waals surface area (Å²) in [6.45, 7) is 10.1. The van der Waals surface area contributed by atoms with E-state index in [9.17, 15) is 0 Å². The van der Waals surface area contributed by atoms with Crippen molar-refractivity contribution in [2.24, 2.45) is 0 Å². The largest absolute Gasteiger partial charge is 0.370 e. The molecule has 0 amide bonds. The Morgan fingerprint density at radius 2 is 1.81 bits per heavy atom. The van der Waals surface area contributed by atoms with Gasteiger partial charge in [-0.1, -0.05) is 6.92 Å². The Morgan fingerprint density at radius 3 is 2.38 bits per heavy atom. The number of hydrogen-bond donors (Lipinski definition) is 2. The van der Waals surface area contributed by atoms with E-state index in [-0.39, 0.29) is 0 Å². The van der Waals surface area contributed by atoms with Crippen molar-refractivity contribution < 1.29 is 0 Å². The van der Waals surface area contributed by atoms with Crippen molar-refractivity contribution in [3.8, 4) is 0 Å². The first-order chi connectivity index (χ1) is 10.2. The maximum Gasteiger partial charge on any atom is 0.135 e. The Morgan fingerprint density at radius 1 is 1.10 bits per heavy atom. The Balaban J connectivity index is 2.21. The molecular weight excluding hydrogens is 280 g/mol. The van der Waals surface area contributed by atoms with E-state index in [0.717, 1.165) is 49.0 Å². The maximum absolute atomic E-state index is 4.68. The Kier molecular flexibility index (Phi) is 5.56.